The largest absolute Gasteiger partial charge is 0.395 e. The summed E-state index contributed by atoms with van der Waals surface area (Å²) >= 11 is 6.19. The molecule has 0 amide bonds. The van der Waals surface area contributed by atoms with E-state index in [0.717, 1.165) is 44.3 Å². The van der Waals surface area contributed by atoms with E-state index in [1.165, 1.54) is 11.3 Å². The highest BCUT2D eigenvalue weighted by Crippen LogP contribution is 2.26. The Balaban J connectivity index is 2.06. The normalized spacial score (nSPS) is 16.7. The molecular weight excluding hydrogens is 286 g/mol. The van der Waals surface area contributed by atoms with Crippen LogP contribution < -0.4 is 10.2 Å². The minimum absolute atomic E-state index is 0.237. The molecule has 2 N–H and O–H groups in total. The zero-order chi connectivity index (χ0) is 15.2. The van der Waals surface area contributed by atoms with Gasteiger partial charge in [0.25, 0.3) is 0 Å². The van der Waals surface area contributed by atoms with Gasteiger partial charge in [-0.1, -0.05) is 31.5 Å². The van der Waals surface area contributed by atoms with Crippen molar-refractivity contribution < 1.29 is 5.11 Å². The molecule has 0 unspecified atom stereocenters. The Morgan fingerprint density at radius 2 is 1.95 bits per heavy atom. The van der Waals surface area contributed by atoms with E-state index >= 15 is 0 Å². The maximum absolute atomic E-state index is 9.02. The van der Waals surface area contributed by atoms with E-state index < -0.39 is 0 Å². The molecule has 1 aliphatic rings. The van der Waals surface area contributed by atoms with Gasteiger partial charge in [-0.2, -0.15) is 0 Å². The van der Waals surface area contributed by atoms with Crippen LogP contribution in [0.3, 0.4) is 0 Å². The number of nitrogens with zero attached hydrogens (tertiary/aromatic N) is 2. The van der Waals surface area contributed by atoms with E-state index in [2.05, 4.69) is 41.1 Å². The zero-order valence-corrected chi connectivity index (χ0v) is 13.7. The predicted molar refractivity (Wildman–Crippen MR) is 89.2 cm³/mol. The van der Waals surface area contributed by atoms with Crippen molar-refractivity contribution >= 4 is 17.3 Å². The Bertz CT molecular complexity index is 445. The second-order valence-corrected chi connectivity index (χ2v) is 6.30. The number of anilines is 1. The van der Waals surface area contributed by atoms with Gasteiger partial charge in [-0.05, 0) is 17.7 Å². The van der Waals surface area contributed by atoms with Crippen LogP contribution in [0, 0.1) is 0 Å². The summed E-state index contributed by atoms with van der Waals surface area (Å²) in [5.74, 6) is 0. The van der Waals surface area contributed by atoms with Gasteiger partial charge in [0.15, 0.2) is 0 Å². The lowest BCUT2D eigenvalue weighted by Gasteiger charge is -2.37. The molecule has 0 aliphatic carbocycles. The molecule has 0 bridgehead atoms. The van der Waals surface area contributed by atoms with Crippen molar-refractivity contribution in [2.75, 3.05) is 44.2 Å². The van der Waals surface area contributed by atoms with E-state index in [9.17, 15) is 0 Å². The summed E-state index contributed by atoms with van der Waals surface area (Å²) in [6.07, 6.45) is 0. The first-order valence-electron chi connectivity index (χ1n) is 7.70. The van der Waals surface area contributed by atoms with Crippen LogP contribution in [0.15, 0.2) is 18.2 Å². The van der Waals surface area contributed by atoms with Crippen molar-refractivity contribution in [2.24, 2.45) is 0 Å². The molecule has 2 rings (SSSR count). The molecule has 1 aromatic carbocycles. The van der Waals surface area contributed by atoms with E-state index in [-0.39, 0.29) is 6.61 Å². The molecule has 118 valence electrons. The summed E-state index contributed by atoms with van der Waals surface area (Å²) < 4.78 is 0. The van der Waals surface area contributed by atoms with Gasteiger partial charge in [0.05, 0.1) is 6.61 Å². The van der Waals surface area contributed by atoms with Gasteiger partial charge in [-0.3, -0.25) is 4.90 Å². The number of aliphatic hydroxyl groups is 1. The van der Waals surface area contributed by atoms with Crippen LogP contribution in [0.25, 0.3) is 0 Å². The molecular formula is C16H26ClN3O. The lowest BCUT2D eigenvalue weighted by molar-refractivity contribution is 0.188. The van der Waals surface area contributed by atoms with Gasteiger partial charge >= 0.3 is 0 Å². The summed E-state index contributed by atoms with van der Waals surface area (Å²) in [5, 5.41) is 13.3. The molecule has 1 saturated heterocycles. The molecule has 1 aromatic rings. The first-order valence-corrected chi connectivity index (χ1v) is 8.08. The fourth-order valence-corrected chi connectivity index (χ4v) is 2.82. The lowest BCUT2D eigenvalue weighted by Crippen LogP contribution is -2.47. The fourth-order valence-electron chi connectivity index (χ4n) is 2.65. The van der Waals surface area contributed by atoms with E-state index in [4.69, 9.17) is 16.7 Å². The van der Waals surface area contributed by atoms with E-state index in [1.807, 2.05) is 6.07 Å². The number of β-amino-alcohol motifs (C(OH)–C–C–N with tert-alkyl or cyclic N) is 1. The van der Waals surface area contributed by atoms with Crippen LogP contribution in [0.5, 0.6) is 0 Å². The minimum Gasteiger partial charge on any atom is -0.395 e. The molecule has 4 nitrogen and oxygen atoms in total. The summed E-state index contributed by atoms with van der Waals surface area (Å²) in [7, 11) is 0. The lowest BCUT2D eigenvalue weighted by atomic mass is 10.1. The Morgan fingerprint density at radius 3 is 2.57 bits per heavy atom. The van der Waals surface area contributed by atoms with E-state index in [1.54, 1.807) is 0 Å². The van der Waals surface area contributed by atoms with Crippen LogP contribution in [0.1, 0.15) is 19.4 Å². The van der Waals surface area contributed by atoms with Crippen molar-refractivity contribution in [3.05, 3.63) is 28.8 Å². The third-order valence-electron chi connectivity index (χ3n) is 3.88. The third-order valence-corrected chi connectivity index (χ3v) is 4.11. The van der Waals surface area contributed by atoms with Crippen LogP contribution >= 0.6 is 11.6 Å². The first kappa shape index (κ1) is 16.6. The SMILES string of the molecule is CC(C)NCc1ccc(Cl)cc1N1CCN(CCO)CC1. The van der Waals surface area contributed by atoms with Crippen LogP contribution in [-0.4, -0.2) is 55.4 Å². The third kappa shape index (κ3) is 4.85. The topological polar surface area (TPSA) is 38.7 Å². The fraction of sp³-hybridized carbons (Fsp3) is 0.625. The average Bonchev–Trinajstić information content (AvgIpc) is 2.47. The Kier molecular flexibility index (Phi) is 6.30. The van der Waals surface area contributed by atoms with Gasteiger partial charge in [0, 0.05) is 56.0 Å². The van der Waals surface area contributed by atoms with Gasteiger partial charge in [0.1, 0.15) is 0 Å². The number of nitrogens with one attached hydrogen (secondary N) is 1. The molecule has 1 fully saturated rings. The number of rotatable bonds is 6. The predicted octanol–water partition coefficient (Wildman–Crippen LogP) is 1.95. The highest BCUT2D eigenvalue weighted by molar-refractivity contribution is 6.30. The maximum atomic E-state index is 9.02. The van der Waals surface area contributed by atoms with Crippen molar-refractivity contribution in [2.45, 2.75) is 26.4 Å². The Morgan fingerprint density at radius 1 is 1.24 bits per heavy atom. The Labute approximate surface area is 132 Å². The van der Waals surface area contributed by atoms with Crippen LogP contribution in [0.2, 0.25) is 5.02 Å². The molecule has 21 heavy (non-hydrogen) atoms. The second-order valence-electron chi connectivity index (χ2n) is 5.86. The maximum Gasteiger partial charge on any atom is 0.0558 e. The smallest absolute Gasteiger partial charge is 0.0558 e. The highest BCUT2D eigenvalue weighted by Gasteiger charge is 2.19. The molecule has 0 radical (unpaired) electrons. The van der Waals surface area contributed by atoms with E-state index in [0.29, 0.717) is 6.04 Å². The van der Waals surface area contributed by atoms with Gasteiger partial charge < -0.3 is 15.3 Å². The summed E-state index contributed by atoms with van der Waals surface area (Å²) in [6, 6.07) is 6.62. The van der Waals surface area contributed by atoms with Gasteiger partial charge in [-0.15, -0.1) is 0 Å². The minimum atomic E-state index is 0.237. The standard InChI is InChI=1S/C16H26ClN3O/c1-13(2)18-12-14-3-4-15(17)11-16(14)20-7-5-19(6-8-20)9-10-21/h3-4,11,13,18,21H,5-10,12H2,1-2H3. The van der Waals surface area contributed by atoms with Crippen molar-refractivity contribution in [3.63, 3.8) is 0 Å². The number of halogens is 1. The summed E-state index contributed by atoms with van der Waals surface area (Å²) in [6.45, 7) is 10.1. The second kappa shape index (κ2) is 7.99. The average molecular weight is 312 g/mol. The molecule has 0 saturated carbocycles. The summed E-state index contributed by atoms with van der Waals surface area (Å²) in [4.78, 5) is 4.70. The first-order chi connectivity index (χ1) is 10.1. The Hall–Kier alpha value is -0.810. The summed E-state index contributed by atoms with van der Waals surface area (Å²) in [5.41, 5.74) is 2.53. The number of aliphatic hydroxyl groups excluding tert-OH is 1. The van der Waals surface area contributed by atoms with Gasteiger partial charge in [0.2, 0.25) is 0 Å². The number of hydrogen-bond acceptors (Lipinski definition) is 4. The van der Waals surface area contributed by atoms with Crippen molar-refractivity contribution in [3.8, 4) is 0 Å². The van der Waals surface area contributed by atoms with Crippen LogP contribution in [0.4, 0.5) is 5.69 Å². The van der Waals surface area contributed by atoms with Gasteiger partial charge in [-0.25, -0.2) is 0 Å². The quantitative estimate of drug-likeness (QED) is 0.842. The number of benzene rings is 1. The number of piperazine rings is 1. The van der Waals surface area contributed by atoms with Crippen molar-refractivity contribution in [1.82, 2.24) is 10.2 Å². The highest BCUT2D eigenvalue weighted by atomic mass is 35.5. The number of hydrogen-bond donors (Lipinski definition) is 2. The molecule has 1 heterocycles. The molecule has 5 heteroatoms. The molecule has 0 atom stereocenters. The molecule has 1 aliphatic heterocycles. The van der Waals surface area contributed by atoms with Crippen LogP contribution in [-0.2, 0) is 6.54 Å². The molecule has 0 aromatic heterocycles. The zero-order valence-electron chi connectivity index (χ0n) is 13.0. The molecule has 0 spiro atoms. The monoisotopic (exact) mass is 311 g/mol. The van der Waals surface area contributed by atoms with Crippen molar-refractivity contribution in [1.29, 1.82) is 0 Å².